The van der Waals surface area contributed by atoms with Crippen LogP contribution in [0.3, 0.4) is 0 Å². The monoisotopic (exact) mass is 289 g/mol. The Labute approximate surface area is 123 Å². The van der Waals surface area contributed by atoms with Gasteiger partial charge >= 0.3 is 0 Å². The molecule has 1 aromatic carbocycles. The van der Waals surface area contributed by atoms with E-state index in [-0.39, 0.29) is 5.78 Å². The van der Waals surface area contributed by atoms with Crippen LogP contribution >= 0.6 is 11.6 Å². The number of aromatic nitrogens is 1. The van der Waals surface area contributed by atoms with Crippen molar-refractivity contribution < 1.29 is 9.53 Å². The second-order valence-corrected chi connectivity index (χ2v) is 5.48. The van der Waals surface area contributed by atoms with Gasteiger partial charge in [-0.3, -0.25) is 4.79 Å². The number of methoxy groups -OCH3 is 1. The summed E-state index contributed by atoms with van der Waals surface area (Å²) in [7, 11) is 1.60. The smallest absolute Gasteiger partial charge is 0.164 e. The summed E-state index contributed by atoms with van der Waals surface area (Å²) in [5.74, 6) is 0.891. The summed E-state index contributed by atoms with van der Waals surface area (Å²) in [6, 6.07) is 7.68. The standard InChI is InChI=1S/C16H16ClNO2/c1-10-8-12-14(4-3-5-15(12)19)18(10)11-6-7-13(17)16(9-11)20-2/h6-9H,3-5H2,1-2H3. The quantitative estimate of drug-likeness (QED) is 0.838. The van der Waals surface area contributed by atoms with E-state index in [4.69, 9.17) is 16.3 Å². The van der Waals surface area contributed by atoms with E-state index in [1.165, 1.54) is 0 Å². The first-order valence-electron chi connectivity index (χ1n) is 6.70. The lowest BCUT2D eigenvalue weighted by atomic mass is 9.96. The number of rotatable bonds is 2. The number of ether oxygens (including phenoxy) is 1. The van der Waals surface area contributed by atoms with E-state index in [0.717, 1.165) is 35.5 Å². The van der Waals surface area contributed by atoms with Gasteiger partial charge in [-0.2, -0.15) is 0 Å². The highest BCUT2D eigenvalue weighted by atomic mass is 35.5. The number of hydrogen-bond acceptors (Lipinski definition) is 2. The van der Waals surface area contributed by atoms with Crippen LogP contribution in [-0.4, -0.2) is 17.5 Å². The summed E-state index contributed by atoms with van der Waals surface area (Å²) >= 11 is 6.08. The molecule has 0 atom stereocenters. The van der Waals surface area contributed by atoms with Gasteiger partial charge in [0.2, 0.25) is 0 Å². The maximum absolute atomic E-state index is 12.0. The minimum absolute atomic E-state index is 0.244. The average Bonchev–Trinajstić information content (AvgIpc) is 2.77. The fourth-order valence-electron chi connectivity index (χ4n) is 2.88. The Morgan fingerprint density at radius 3 is 2.80 bits per heavy atom. The number of Topliss-reactive ketones (excluding diaryl/α,β-unsaturated/α-hetero) is 1. The van der Waals surface area contributed by atoms with Crippen molar-refractivity contribution in [3.05, 3.63) is 46.2 Å². The topological polar surface area (TPSA) is 31.2 Å². The number of ketones is 1. The molecule has 1 aromatic heterocycles. The SMILES string of the molecule is COc1cc(-n2c(C)cc3c2CCCC3=O)ccc1Cl. The van der Waals surface area contributed by atoms with Crippen molar-refractivity contribution in [3.8, 4) is 11.4 Å². The zero-order valence-corrected chi connectivity index (χ0v) is 12.3. The zero-order chi connectivity index (χ0) is 14.3. The average molecular weight is 290 g/mol. The molecule has 3 nitrogen and oxygen atoms in total. The summed E-state index contributed by atoms with van der Waals surface area (Å²) in [4.78, 5) is 12.0. The highest BCUT2D eigenvalue weighted by Gasteiger charge is 2.23. The van der Waals surface area contributed by atoms with Crippen LogP contribution in [-0.2, 0) is 6.42 Å². The van der Waals surface area contributed by atoms with Crippen LogP contribution in [0.1, 0.15) is 34.6 Å². The van der Waals surface area contributed by atoms with Crippen LogP contribution in [0, 0.1) is 6.92 Å². The van der Waals surface area contributed by atoms with Gasteiger partial charge < -0.3 is 9.30 Å². The summed E-state index contributed by atoms with van der Waals surface area (Å²) in [6.45, 7) is 2.02. The van der Waals surface area contributed by atoms with Gasteiger partial charge in [0.1, 0.15) is 5.75 Å². The number of aryl methyl sites for hydroxylation is 1. The van der Waals surface area contributed by atoms with E-state index >= 15 is 0 Å². The third kappa shape index (κ3) is 2.02. The molecular formula is C16H16ClNO2. The van der Waals surface area contributed by atoms with E-state index in [2.05, 4.69) is 4.57 Å². The number of nitrogens with zero attached hydrogens (tertiary/aromatic N) is 1. The first-order chi connectivity index (χ1) is 9.61. The molecule has 0 spiro atoms. The van der Waals surface area contributed by atoms with Crippen LogP contribution < -0.4 is 4.74 Å². The Balaban J connectivity index is 2.18. The Bertz CT molecular complexity index is 688. The van der Waals surface area contributed by atoms with Gasteiger partial charge in [-0.25, -0.2) is 0 Å². The molecule has 1 aliphatic rings. The Morgan fingerprint density at radius 1 is 1.25 bits per heavy atom. The van der Waals surface area contributed by atoms with Crippen LogP contribution in [0.5, 0.6) is 5.75 Å². The molecule has 0 unspecified atom stereocenters. The number of fused-ring (bicyclic) bond motifs is 1. The highest BCUT2D eigenvalue weighted by Crippen LogP contribution is 2.32. The number of benzene rings is 1. The Kier molecular flexibility index (Phi) is 3.30. The Morgan fingerprint density at radius 2 is 2.05 bits per heavy atom. The molecule has 1 aliphatic carbocycles. The minimum Gasteiger partial charge on any atom is -0.495 e. The molecule has 3 rings (SSSR count). The summed E-state index contributed by atoms with van der Waals surface area (Å²) in [5.41, 5.74) is 4.01. The van der Waals surface area contributed by atoms with E-state index in [1.54, 1.807) is 7.11 Å². The number of halogens is 1. The number of hydrogen-bond donors (Lipinski definition) is 0. The third-order valence-electron chi connectivity index (χ3n) is 3.80. The summed E-state index contributed by atoms with van der Waals surface area (Å²) in [6.07, 6.45) is 2.50. The molecule has 0 radical (unpaired) electrons. The molecular weight excluding hydrogens is 274 g/mol. The van der Waals surface area contributed by atoms with Crippen molar-refractivity contribution in [2.24, 2.45) is 0 Å². The lowest BCUT2D eigenvalue weighted by Crippen LogP contribution is -2.12. The fraction of sp³-hybridized carbons (Fsp3) is 0.312. The predicted molar refractivity (Wildman–Crippen MR) is 79.3 cm³/mol. The molecule has 0 bridgehead atoms. The van der Waals surface area contributed by atoms with E-state index in [1.807, 2.05) is 31.2 Å². The van der Waals surface area contributed by atoms with Crippen molar-refractivity contribution in [2.75, 3.05) is 7.11 Å². The van der Waals surface area contributed by atoms with Gasteiger partial charge in [-0.1, -0.05) is 11.6 Å². The molecule has 0 fully saturated rings. The zero-order valence-electron chi connectivity index (χ0n) is 11.6. The number of carbonyl (C=O) groups is 1. The first-order valence-corrected chi connectivity index (χ1v) is 7.08. The molecule has 4 heteroatoms. The van der Waals surface area contributed by atoms with Gasteiger partial charge in [0, 0.05) is 35.1 Å². The normalized spacial score (nSPS) is 14.2. The molecule has 20 heavy (non-hydrogen) atoms. The molecule has 0 N–H and O–H groups in total. The van der Waals surface area contributed by atoms with Crippen molar-refractivity contribution >= 4 is 17.4 Å². The summed E-state index contributed by atoms with van der Waals surface area (Å²) < 4.78 is 7.41. The second kappa shape index (κ2) is 4.98. The van der Waals surface area contributed by atoms with E-state index in [9.17, 15) is 4.79 Å². The summed E-state index contributed by atoms with van der Waals surface area (Å²) in [5, 5.41) is 0.589. The van der Waals surface area contributed by atoms with Crippen molar-refractivity contribution in [1.82, 2.24) is 4.57 Å². The highest BCUT2D eigenvalue weighted by molar-refractivity contribution is 6.32. The van der Waals surface area contributed by atoms with Crippen LogP contribution in [0.25, 0.3) is 5.69 Å². The molecule has 2 aromatic rings. The maximum Gasteiger partial charge on any atom is 0.164 e. The van der Waals surface area contributed by atoms with Gasteiger partial charge in [-0.15, -0.1) is 0 Å². The lowest BCUT2D eigenvalue weighted by molar-refractivity contribution is 0.0972. The molecule has 0 saturated carbocycles. The van der Waals surface area contributed by atoms with Crippen molar-refractivity contribution in [1.29, 1.82) is 0 Å². The van der Waals surface area contributed by atoms with Crippen molar-refractivity contribution in [3.63, 3.8) is 0 Å². The first kappa shape index (κ1) is 13.3. The maximum atomic E-state index is 12.0. The molecule has 104 valence electrons. The van der Waals surface area contributed by atoms with Gasteiger partial charge in [0.15, 0.2) is 5.78 Å². The second-order valence-electron chi connectivity index (χ2n) is 5.08. The minimum atomic E-state index is 0.244. The largest absolute Gasteiger partial charge is 0.495 e. The van der Waals surface area contributed by atoms with Crippen LogP contribution in [0.15, 0.2) is 24.3 Å². The van der Waals surface area contributed by atoms with E-state index in [0.29, 0.717) is 17.2 Å². The molecule has 0 aliphatic heterocycles. The molecule has 0 amide bonds. The third-order valence-corrected chi connectivity index (χ3v) is 4.11. The molecule has 0 saturated heterocycles. The lowest BCUT2D eigenvalue weighted by Gasteiger charge is -2.17. The Hall–Kier alpha value is -1.74. The van der Waals surface area contributed by atoms with Gasteiger partial charge in [0.25, 0.3) is 0 Å². The number of carbonyl (C=O) groups excluding carboxylic acids is 1. The molecule has 1 heterocycles. The predicted octanol–water partition coefficient (Wildman–Crippen LogP) is 3.97. The van der Waals surface area contributed by atoms with E-state index < -0.39 is 0 Å². The van der Waals surface area contributed by atoms with Crippen LogP contribution in [0.4, 0.5) is 0 Å². The van der Waals surface area contributed by atoms with Crippen LogP contribution in [0.2, 0.25) is 5.02 Å². The van der Waals surface area contributed by atoms with Crippen molar-refractivity contribution in [2.45, 2.75) is 26.2 Å². The van der Waals surface area contributed by atoms with Gasteiger partial charge in [0.05, 0.1) is 12.1 Å². The fourth-order valence-corrected chi connectivity index (χ4v) is 3.07. The van der Waals surface area contributed by atoms with Gasteiger partial charge in [-0.05, 0) is 38.0 Å².